The van der Waals surface area contributed by atoms with Gasteiger partial charge in [0.2, 0.25) is 25.0 Å². The summed E-state index contributed by atoms with van der Waals surface area (Å²) in [5.74, 6) is -0.828. The Labute approximate surface area is 200 Å². The van der Waals surface area contributed by atoms with Crippen LogP contribution in [0.2, 0.25) is 0 Å². The minimum atomic E-state index is -3.90. The van der Waals surface area contributed by atoms with Crippen LogP contribution in [0.25, 0.3) is 0 Å². The summed E-state index contributed by atoms with van der Waals surface area (Å²) in [6, 6.07) is 12.9. The van der Waals surface area contributed by atoms with Crippen LogP contribution in [0, 0.1) is 5.82 Å². The number of hydrogen-bond acceptors (Lipinski definition) is 6. The smallest absolute Gasteiger partial charge is 0.243 e. The fourth-order valence-corrected chi connectivity index (χ4v) is 6.63. The average molecular weight is 510 g/mol. The SMILES string of the molecule is COCCn1c(CN(C(C)C)S(=O)(=O)c2ccccc2)cnc1S(=O)(=O)Cc1ccc(F)cc1. The molecule has 0 atom stereocenters. The lowest BCUT2D eigenvalue weighted by Gasteiger charge is -2.26. The first-order chi connectivity index (χ1) is 16.1. The van der Waals surface area contributed by atoms with E-state index in [1.807, 2.05) is 0 Å². The molecule has 2 aromatic carbocycles. The van der Waals surface area contributed by atoms with Crippen LogP contribution in [0.1, 0.15) is 25.1 Å². The van der Waals surface area contributed by atoms with Crippen molar-refractivity contribution >= 4 is 19.9 Å². The second kappa shape index (κ2) is 10.8. The molecule has 0 amide bonds. The topological polar surface area (TPSA) is 98.6 Å². The van der Waals surface area contributed by atoms with Crippen LogP contribution >= 0.6 is 0 Å². The second-order valence-corrected chi connectivity index (χ2v) is 11.8. The van der Waals surface area contributed by atoms with Crippen LogP contribution in [0.4, 0.5) is 4.39 Å². The second-order valence-electron chi connectivity index (χ2n) is 8.02. The van der Waals surface area contributed by atoms with Crippen molar-refractivity contribution in [2.24, 2.45) is 0 Å². The first-order valence-electron chi connectivity index (χ1n) is 10.6. The Morgan fingerprint density at radius 3 is 2.26 bits per heavy atom. The van der Waals surface area contributed by atoms with E-state index < -0.39 is 31.7 Å². The number of hydrogen-bond donors (Lipinski definition) is 0. The number of halogens is 1. The molecular weight excluding hydrogens is 481 g/mol. The van der Waals surface area contributed by atoms with Crippen molar-refractivity contribution in [1.82, 2.24) is 13.9 Å². The number of sulfone groups is 1. The molecule has 1 heterocycles. The van der Waals surface area contributed by atoms with E-state index in [4.69, 9.17) is 4.74 Å². The molecule has 0 fully saturated rings. The molecule has 0 N–H and O–H groups in total. The number of benzene rings is 2. The number of ether oxygens (including phenoxy) is 1. The number of imidazole rings is 1. The highest BCUT2D eigenvalue weighted by Gasteiger charge is 2.30. The summed E-state index contributed by atoms with van der Waals surface area (Å²) < 4.78 is 74.1. The molecule has 0 bridgehead atoms. The van der Waals surface area contributed by atoms with Crippen LogP contribution in [-0.2, 0) is 43.4 Å². The molecule has 0 radical (unpaired) electrons. The normalized spacial score (nSPS) is 12.5. The van der Waals surface area contributed by atoms with E-state index in [0.717, 1.165) is 0 Å². The number of sulfonamides is 1. The average Bonchev–Trinajstić information content (AvgIpc) is 3.21. The third kappa shape index (κ3) is 5.90. The number of methoxy groups -OCH3 is 1. The molecule has 0 saturated heterocycles. The lowest BCUT2D eigenvalue weighted by Crippen LogP contribution is -2.37. The van der Waals surface area contributed by atoms with Crippen molar-refractivity contribution in [1.29, 1.82) is 0 Å². The summed E-state index contributed by atoms with van der Waals surface area (Å²) in [4.78, 5) is 4.29. The Hall–Kier alpha value is -2.60. The van der Waals surface area contributed by atoms with Crippen molar-refractivity contribution in [2.75, 3.05) is 13.7 Å². The quantitative estimate of drug-likeness (QED) is 0.394. The van der Waals surface area contributed by atoms with E-state index >= 15 is 0 Å². The van der Waals surface area contributed by atoms with E-state index in [0.29, 0.717) is 11.3 Å². The Balaban J connectivity index is 1.99. The number of aromatic nitrogens is 2. The van der Waals surface area contributed by atoms with E-state index in [-0.39, 0.29) is 35.5 Å². The van der Waals surface area contributed by atoms with E-state index in [1.165, 1.54) is 58.6 Å². The van der Waals surface area contributed by atoms with Gasteiger partial charge in [0.25, 0.3) is 0 Å². The molecule has 8 nitrogen and oxygen atoms in total. The van der Waals surface area contributed by atoms with Crippen molar-refractivity contribution in [3.05, 3.63) is 77.9 Å². The van der Waals surface area contributed by atoms with Crippen molar-refractivity contribution < 1.29 is 26.0 Å². The molecule has 0 aliphatic rings. The third-order valence-electron chi connectivity index (χ3n) is 5.21. The molecule has 0 aliphatic carbocycles. The highest BCUT2D eigenvalue weighted by atomic mass is 32.2. The molecule has 11 heteroatoms. The molecule has 3 aromatic rings. The van der Waals surface area contributed by atoms with Gasteiger partial charge in [-0.05, 0) is 43.7 Å². The van der Waals surface area contributed by atoms with Gasteiger partial charge in [0.05, 0.1) is 35.7 Å². The Bertz CT molecular complexity index is 1310. The summed E-state index contributed by atoms with van der Waals surface area (Å²) in [6.07, 6.45) is 1.38. The van der Waals surface area contributed by atoms with Gasteiger partial charge < -0.3 is 9.30 Å². The van der Waals surface area contributed by atoms with E-state index in [2.05, 4.69) is 4.98 Å². The molecule has 0 saturated carbocycles. The lowest BCUT2D eigenvalue weighted by atomic mass is 10.2. The molecule has 3 rings (SSSR count). The van der Waals surface area contributed by atoms with Gasteiger partial charge in [0.15, 0.2) is 0 Å². The largest absolute Gasteiger partial charge is 0.383 e. The van der Waals surface area contributed by atoms with Gasteiger partial charge in [0, 0.05) is 19.7 Å². The maximum absolute atomic E-state index is 13.3. The van der Waals surface area contributed by atoms with Crippen molar-refractivity contribution in [2.45, 2.75) is 48.8 Å². The highest BCUT2D eigenvalue weighted by Crippen LogP contribution is 2.24. The molecular formula is C23H28FN3O5S2. The van der Waals surface area contributed by atoms with E-state index in [9.17, 15) is 21.2 Å². The summed E-state index contributed by atoms with van der Waals surface area (Å²) in [5, 5.41) is -0.190. The standard InChI is InChI=1S/C23H28FN3O5S2/c1-18(2)27(34(30,31)22-7-5-4-6-8-22)16-21-15-25-23(26(21)13-14-32-3)33(28,29)17-19-9-11-20(24)12-10-19/h4-12,15,18H,13-14,16-17H2,1-3H3. The molecule has 0 unspecified atom stereocenters. The van der Waals surface area contributed by atoms with Crippen LogP contribution in [0.3, 0.4) is 0 Å². The number of nitrogens with zero attached hydrogens (tertiary/aromatic N) is 3. The molecule has 0 spiro atoms. The van der Waals surface area contributed by atoms with Gasteiger partial charge in [-0.15, -0.1) is 0 Å². The zero-order valence-corrected chi connectivity index (χ0v) is 20.9. The number of rotatable bonds is 11. The molecule has 0 aliphatic heterocycles. The van der Waals surface area contributed by atoms with Gasteiger partial charge >= 0.3 is 0 Å². The molecule has 34 heavy (non-hydrogen) atoms. The summed E-state index contributed by atoms with van der Waals surface area (Å²) in [6.45, 7) is 3.80. The maximum atomic E-state index is 13.3. The van der Waals surface area contributed by atoms with Crippen molar-refractivity contribution in [3.8, 4) is 0 Å². The van der Waals surface area contributed by atoms with Crippen LogP contribution in [-0.4, -0.2) is 50.5 Å². The van der Waals surface area contributed by atoms with Gasteiger partial charge in [-0.2, -0.15) is 4.31 Å². The predicted molar refractivity (Wildman–Crippen MR) is 126 cm³/mol. The Morgan fingerprint density at radius 2 is 1.68 bits per heavy atom. The van der Waals surface area contributed by atoms with Gasteiger partial charge in [-0.1, -0.05) is 30.3 Å². The van der Waals surface area contributed by atoms with Crippen molar-refractivity contribution in [3.63, 3.8) is 0 Å². The fraction of sp³-hybridized carbons (Fsp3) is 0.348. The summed E-state index contributed by atoms with van der Waals surface area (Å²) in [5.41, 5.74) is 0.836. The van der Waals surface area contributed by atoms with Gasteiger partial charge in [0.1, 0.15) is 5.82 Å². The molecule has 1 aromatic heterocycles. The zero-order chi connectivity index (χ0) is 24.9. The molecule has 184 valence electrons. The monoisotopic (exact) mass is 509 g/mol. The summed E-state index contributed by atoms with van der Waals surface area (Å²) >= 11 is 0. The Morgan fingerprint density at radius 1 is 1.03 bits per heavy atom. The maximum Gasteiger partial charge on any atom is 0.243 e. The lowest BCUT2D eigenvalue weighted by molar-refractivity contribution is 0.182. The fourth-order valence-electron chi connectivity index (χ4n) is 3.49. The first kappa shape index (κ1) is 26.0. The minimum absolute atomic E-state index is 0.0717. The van der Waals surface area contributed by atoms with E-state index in [1.54, 1.807) is 32.0 Å². The van der Waals surface area contributed by atoms with Crippen LogP contribution in [0.5, 0.6) is 0 Å². The zero-order valence-electron chi connectivity index (χ0n) is 19.3. The first-order valence-corrected chi connectivity index (χ1v) is 13.7. The van der Waals surface area contributed by atoms with Crippen LogP contribution in [0.15, 0.2) is 70.8 Å². The third-order valence-corrected chi connectivity index (χ3v) is 8.84. The van der Waals surface area contributed by atoms with Gasteiger partial charge in [-0.3, -0.25) is 0 Å². The minimum Gasteiger partial charge on any atom is -0.383 e. The van der Waals surface area contributed by atoms with Crippen LogP contribution < -0.4 is 0 Å². The van der Waals surface area contributed by atoms with Gasteiger partial charge in [-0.25, -0.2) is 26.2 Å². The highest BCUT2D eigenvalue weighted by molar-refractivity contribution is 7.90. The summed E-state index contributed by atoms with van der Waals surface area (Å²) in [7, 11) is -6.25. The Kier molecular flexibility index (Phi) is 8.24. The predicted octanol–water partition coefficient (Wildman–Crippen LogP) is 3.24.